The summed E-state index contributed by atoms with van der Waals surface area (Å²) in [6.45, 7) is 1.93. The molecule has 0 spiro atoms. The van der Waals surface area contributed by atoms with Gasteiger partial charge in [0, 0.05) is 11.6 Å². The molecule has 0 unspecified atom stereocenters. The van der Waals surface area contributed by atoms with E-state index in [9.17, 15) is 14.0 Å². The fourth-order valence-electron chi connectivity index (χ4n) is 4.59. The molecule has 1 atom stereocenters. The number of halogens is 2. The minimum Gasteiger partial charge on any atom is -0.463 e. The van der Waals surface area contributed by atoms with E-state index < -0.39 is 17.8 Å². The Labute approximate surface area is 230 Å². The van der Waals surface area contributed by atoms with Gasteiger partial charge in [0.25, 0.3) is 5.56 Å². The zero-order chi connectivity index (χ0) is 27.1. The highest BCUT2D eigenvalue weighted by molar-refractivity contribution is 7.07. The standard InChI is InChI=1S/C29H20ClFN2O5S/c1-2-36-28(35)24-25(16-6-4-3-5-7-16)32-29-33(26(24)17-8-10-19(31)11-9-17)27(34)23(39-29)13-18-12-21-22(14-20(18)30)38-15-37-21/h3-14,26H,2,15H2,1H3/b23-13-/t26-/m1/s1. The molecule has 0 saturated heterocycles. The van der Waals surface area contributed by atoms with Crippen molar-refractivity contribution in [2.75, 3.05) is 13.4 Å². The molecule has 0 bridgehead atoms. The molecular weight excluding hydrogens is 543 g/mol. The first kappa shape index (κ1) is 25.1. The number of nitrogens with zero attached hydrogens (tertiary/aromatic N) is 2. The summed E-state index contributed by atoms with van der Waals surface area (Å²) in [6, 6.07) is 17.3. The third-order valence-corrected chi connectivity index (χ3v) is 7.65. The molecule has 0 amide bonds. The minimum atomic E-state index is -0.898. The van der Waals surface area contributed by atoms with E-state index in [1.165, 1.54) is 16.7 Å². The number of thiazole rings is 1. The molecule has 2 aliphatic heterocycles. The second-order valence-electron chi connectivity index (χ2n) is 8.71. The van der Waals surface area contributed by atoms with Crippen LogP contribution in [0, 0.1) is 5.82 Å². The fraction of sp³-hybridized carbons (Fsp3) is 0.138. The maximum atomic E-state index is 13.9. The van der Waals surface area contributed by atoms with Gasteiger partial charge in [0.15, 0.2) is 16.3 Å². The van der Waals surface area contributed by atoms with Crippen LogP contribution in [-0.2, 0) is 9.53 Å². The van der Waals surface area contributed by atoms with Crippen molar-refractivity contribution in [3.05, 3.63) is 120 Å². The number of esters is 1. The summed E-state index contributed by atoms with van der Waals surface area (Å²) in [5.74, 6) is 0.0103. The van der Waals surface area contributed by atoms with Gasteiger partial charge >= 0.3 is 5.97 Å². The van der Waals surface area contributed by atoms with Gasteiger partial charge in [-0.15, -0.1) is 0 Å². The molecule has 39 heavy (non-hydrogen) atoms. The number of ether oxygens (including phenoxy) is 3. The lowest BCUT2D eigenvalue weighted by Gasteiger charge is -2.25. The number of carbonyl (C=O) groups is 1. The molecule has 3 aromatic carbocycles. The summed E-state index contributed by atoms with van der Waals surface area (Å²) >= 11 is 7.64. The fourth-order valence-corrected chi connectivity index (χ4v) is 5.79. The Morgan fingerprint density at radius 2 is 1.87 bits per heavy atom. The van der Waals surface area contributed by atoms with Crippen molar-refractivity contribution >= 4 is 40.7 Å². The quantitative estimate of drug-likeness (QED) is 0.336. The first-order valence-electron chi connectivity index (χ1n) is 12.1. The summed E-state index contributed by atoms with van der Waals surface area (Å²) in [5, 5.41) is 0.386. The molecule has 0 N–H and O–H groups in total. The number of fused-ring (bicyclic) bond motifs is 2. The number of carbonyl (C=O) groups excluding carboxylic acids is 1. The number of rotatable bonds is 5. The van der Waals surface area contributed by atoms with Crippen molar-refractivity contribution in [2.45, 2.75) is 13.0 Å². The lowest BCUT2D eigenvalue weighted by Crippen LogP contribution is -2.40. The smallest absolute Gasteiger partial charge is 0.338 e. The van der Waals surface area contributed by atoms with E-state index in [1.807, 2.05) is 30.3 Å². The van der Waals surface area contributed by atoms with Crippen molar-refractivity contribution < 1.29 is 23.4 Å². The Kier molecular flexibility index (Phi) is 6.54. The molecule has 6 rings (SSSR count). The van der Waals surface area contributed by atoms with E-state index in [0.29, 0.717) is 48.2 Å². The van der Waals surface area contributed by atoms with Gasteiger partial charge in [-0.25, -0.2) is 14.2 Å². The molecule has 0 aliphatic carbocycles. The van der Waals surface area contributed by atoms with E-state index in [2.05, 4.69) is 0 Å². The lowest BCUT2D eigenvalue weighted by molar-refractivity contribution is -0.138. The molecule has 7 nitrogen and oxygen atoms in total. The van der Waals surface area contributed by atoms with Crippen LogP contribution in [0.15, 0.2) is 82.1 Å². The largest absolute Gasteiger partial charge is 0.463 e. The van der Waals surface area contributed by atoms with Crippen molar-refractivity contribution in [3.63, 3.8) is 0 Å². The van der Waals surface area contributed by atoms with Gasteiger partial charge in [-0.05, 0) is 42.3 Å². The molecule has 1 aromatic heterocycles. The second-order valence-corrected chi connectivity index (χ2v) is 10.1. The Balaban J connectivity index is 1.63. The SMILES string of the molecule is CCOC(=O)C1=C(c2ccccc2)N=c2s/c(=C\c3cc4c(cc3Cl)OCO4)c(=O)n2[C@@H]1c1ccc(F)cc1. The lowest BCUT2D eigenvalue weighted by atomic mass is 9.93. The second kappa shape index (κ2) is 10.2. The molecule has 10 heteroatoms. The van der Waals surface area contributed by atoms with Crippen LogP contribution in [0.2, 0.25) is 5.02 Å². The van der Waals surface area contributed by atoms with Gasteiger partial charge in [0.1, 0.15) is 5.82 Å². The normalized spacial score (nSPS) is 16.2. The van der Waals surface area contributed by atoms with Crippen LogP contribution in [0.5, 0.6) is 11.5 Å². The van der Waals surface area contributed by atoms with Gasteiger partial charge in [-0.3, -0.25) is 9.36 Å². The van der Waals surface area contributed by atoms with Crippen molar-refractivity contribution in [1.82, 2.24) is 4.57 Å². The average molecular weight is 563 g/mol. The summed E-state index contributed by atoms with van der Waals surface area (Å²) in [5.41, 5.74) is 1.99. The average Bonchev–Trinajstić information content (AvgIpc) is 3.52. The van der Waals surface area contributed by atoms with Crippen LogP contribution in [-0.4, -0.2) is 23.9 Å². The number of benzene rings is 3. The third kappa shape index (κ3) is 4.53. The molecule has 4 aromatic rings. The monoisotopic (exact) mass is 562 g/mol. The Hall–Kier alpha value is -4.21. The number of hydrogen-bond donors (Lipinski definition) is 0. The molecule has 2 aliphatic rings. The van der Waals surface area contributed by atoms with Gasteiger partial charge in [0.2, 0.25) is 6.79 Å². The van der Waals surface area contributed by atoms with Gasteiger partial charge in [-0.2, -0.15) is 0 Å². The van der Waals surface area contributed by atoms with E-state index >= 15 is 0 Å². The molecule has 196 valence electrons. The predicted octanol–water partition coefficient (Wildman–Crippen LogP) is 4.46. The molecule has 0 fully saturated rings. The van der Waals surface area contributed by atoms with E-state index in [0.717, 1.165) is 11.3 Å². The van der Waals surface area contributed by atoms with Crippen LogP contribution in [0.1, 0.15) is 29.7 Å². The summed E-state index contributed by atoms with van der Waals surface area (Å²) < 4.78 is 32.0. The summed E-state index contributed by atoms with van der Waals surface area (Å²) in [6.07, 6.45) is 1.66. The van der Waals surface area contributed by atoms with Crippen LogP contribution in [0.3, 0.4) is 0 Å². The van der Waals surface area contributed by atoms with Crippen LogP contribution in [0.4, 0.5) is 4.39 Å². The highest BCUT2D eigenvalue weighted by atomic mass is 35.5. The van der Waals surface area contributed by atoms with Crippen molar-refractivity contribution in [3.8, 4) is 11.5 Å². The highest BCUT2D eigenvalue weighted by Crippen LogP contribution is 2.37. The van der Waals surface area contributed by atoms with E-state index in [4.69, 9.17) is 30.8 Å². The Morgan fingerprint density at radius 3 is 2.59 bits per heavy atom. The predicted molar refractivity (Wildman–Crippen MR) is 145 cm³/mol. The zero-order valence-corrected chi connectivity index (χ0v) is 22.1. The molecular formula is C29H20ClFN2O5S. The van der Waals surface area contributed by atoms with Crippen LogP contribution in [0.25, 0.3) is 11.8 Å². The third-order valence-electron chi connectivity index (χ3n) is 6.34. The highest BCUT2D eigenvalue weighted by Gasteiger charge is 2.35. The van der Waals surface area contributed by atoms with Gasteiger partial charge < -0.3 is 14.2 Å². The van der Waals surface area contributed by atoms with Gasteiger partial charge in [0.05, 0.1) is 33.5 Å². The molecule has 0 radical (unpaired) electrons. The molecule has 0 saturated carbocycles. The Morgan fingerprint density at radius 1 is 1.15 bits per heavy atom. The van der Waals surface area contributed by atoms with Gasteiger partial charge in [-0.1, -0.05) is 65.4 Å². The van der Waals surface area contributed by atoms with E-state index in [1.54, 1.807) is 37.3 Å². The Bertz CT molecular complexity index is 1810. The topological polar surface area (TPSA) is 79.1 Å². The van der Waals surface area contributed by atoms with Crippen molar-refractivity contribution in [1.29, 1.82) is 0 Å². The van der Waals surface area contributed by atoms with Crippen LogP contribution >= 0.6 is 22.9 Å². The first-order valence-corrected chi connectivity index (χ1v) is 13.3. The van der Waals surface area contributed by atoms with Crippen LogP contribution < -0.4 is 24.4 Å². The summed E-state index contributed by atoms with van der Waals surface area (Å²) in [7, 11) is 0. The zero-order valence-electron chi connectivity index (χ0n) is 20.5. The maximum Gasteiger partial charge on any atom is 0.338 e. The number of hydrogen-bond acceptors (Lipinski definition) is 7. The summed E-state index contributed by atoms with van der Waals surface area (Å²) in [4.78, 5) is 32.5. The van der Waals surface area contributed by atoms with E-state index in [-0.39, 0.29) is 24.5 Å². The first-order chi connectivity index (χ1) is 18.9. The number of aromatic nitrogens is 1. The van der Waals surface area contributed by atoms with Crippen molar-refractivity contribution in [2.24, 2.45) is 4.99 Å². The maximum absolute atomic E-state index is 13.9. The molecule has 3 heterocycles. The minimum absolute atomic E-state index is 0.0911.